The molecule has 0 saturated carbocycles. The third-order valence-electron chi connectivity index (χ3n) is 5.49. The lowest BCUT2D eigenvalue weighted by Gasteiger charge is -2.34. The van der Waals surface area contributed by atoms with Crippen LogP contribution >= 0.6 is 0 Å². The van der Waals surface area contributed by atoms with Crippen LogP contribution in [0.4, 0.5) is 0 Å². The summed E-state index contributed by atoms with van der Waals surface area (Å²) in [7, 11) is 0. The Hall–Kier alpha value is -2.26. The molecule has 0 spiro atoms. The van der Waals surface area contributed by atoms with Gasteiger partial charge in [-0.3, -0.25) is 4.90 Å². The van der Waals surface area contributed by atoms with Crippen molar-refractivity contribution in [1.82, 2.24) is 4.90 Å². The number of ether oxygens (including phenoxy) is 2. The van der Waals surface area contributed by atoms with Gasteiger partial charge in [-0.15, -0.1) is 0 Å². The Morgan fingerprint density at radius 1 is 0.958 bits per heavy atom. The monoisotopic (exact) mass is 319 g/mol. The summed E-state index contributed by atoms with van der Waals surface area (Å²) >= 11 is 0. The highest BCUT2D eigenvalue weighted by Crippen LogP contribution is 2.41. The van der Waals surface area contributed by atoms with Crippen molar-refractivity contribution in [2.75, 3.05) is 6.79 Å². The molecule has 2 aromatic carbocycles. The predicted molar refractivity (Wildman–Crippen MR) is 94.0 cm³/mol. The largest absolute Gasteiger partial charge is 0.454 e. The fourth-order valence-corrected chi connectivity index (χ4v) is 4.27. The number of hydrogen-bond acceptors (Lipinski definition) is 3. The van der Waals surface area contributed by atoms with Crippen molar-refractivity contribution in [3.63, 3.8) is 0 Å². The molecule has 24 heavy (non-hydrogen) atoms. The minimum atomic E-state index is 0.341. The molecule has 0 radical (unpaired) electrons. The summed E-state index contributed by atoms with van der Waals surface area (Å²) in [5, 5.41) is 0. The van der Waals surface area contributed by atoms with E-state index in [1.807, 2.05) is 6.07 Å². The summed E-state index contributed by atoms with van der Waals surface area (Å²) in [5.41, 5.74) is 4.16. The summed E-state index contributed by atoms with van der Waals surface area (Å²) in [6, 6.07) is 18.4. The molecule has 3 aliphatic rings. The second-order valence-corrected chi connectivity index (χ2v) is 6.92. The minimum Gasteiger partial charge on any atom is -0.454 e. The van der Waals surface area contributed by atoms with Crippen molar-refractivity contribution in [1.29, 1.82) is 0 Å². The van der Waals surface area contributed by atoms with E-state index in [-0.39, 0.29) is 0 Å². The van der Waals surface area contributed by atoms with Gasteiger partial charge in [0.05, 0.1) is 0 Å². The molecule has 3 nitrogen and oxygen atoms in total. The molecule has 0 aromatic heterocycles. The number of benzene rings is 2. The molecule has 122 valence electrons. The van der Waals surface area contributed by atoms with Gasteiger partial charge >= 0.3 is 0 Å². The lowest BCUT2D eigenvalue weighted by molar-refractivity contribution is 0.174. The van der Waals surface area contributed by atoms with Gasteiger partial charge in [0.25, 0.3) is 0 Å². The van der Waals surface area contributed by atoms with Crippen LogP contribution in [0.3, 0.4) is 0 Å². The number of hydrogen-bond donors (Lipinski definition) is 0. The van der Waals surface area contributed by atoms with Gasteiger partial charge in [-0.25, -0.2) is 0 Å². The van der Waals surface area contributed by atoms with E-state index in [0.29, 0.717) is 18.9 Å². The summed E-state index contributed by atoms with van der Waals surface area (Å²) in [6.45, 7) is 1.40. The van der Waals surface area contributed by atoms with Gasteiger partial charge in [0.1, 0.15) is 0 Å². The third-order valence-corrected chi connectivity index (χ3v) is 5.49. The van der Waals surface area contributed by atoms with Gasteiger partial charge in [0.15, 0.2) is 11.5 Å². The summed E-state index contributed by atoms with van der Waals surface area (Å²) in [4.78, 5) is 2.67. The molecule has 3 heterocycles. The molecule has 0 N–H and O–H groups in total. The van der Waals surface area contributed by atoms with E-state index in [2.05, 4.69) is 53.4 Å². The smallest absolute Gasteiger partial charge is 0.231 e. The van der Waals surface area contributed by atoms with E-state index in [1.165, 1.54) is 29.5 Å². The molecule has 2 bridgehead atoms. The van der Waals surface area contributed by atoms with E-state index in [9.17, 15) is 0 Å². The quantitative estimate of drug-likeness (QED) is 0.845. The minimum absolute atomic E-state index is 0.341. The molecule has 3 heteroatoms. The first-order valence-electron chi connectivity index (χ1n) is 8.77. The zero-order valence-corrected chi connectivity index (χ0v) is 13.7. The molecular weight excluding hydrogens is 298 g/mol. The Labute approximate surface area is 142 Å². The van der Waals surface area contributed by atoms with Gasteiger partial charge in [-0.2, -0.15) is 0 Å². The van der Waals surface area contributed by atoms with Crippen molar-refractivity contribution in [3.8, 4) is 11.5 Å². The Kier molecular flexibility index (Phi) is 3.34. The van der Waals surface area contributed by atoms with Crippen LogP contribution in [0.2, 0.25) is 0 Å². The van der Waals surface area contributed by atoms with E-state index in [1.54, 1.807) is 0 Å². The normalized spacial score (nSPS) is 24.9. The second kappa shape index (κ2) is 5.67. The molecule has 2 atom stereocenters. The van der Waals surface area contributed by atoms with Crippen LogP contribution in [0.1, 0.15) is 30.4 Å². The van der Waals surface area contributed by atoms with Crippen LogP contribution in [0.25, 0.3) is 5.57 Å². The van der Waals surface area contributed by atoms with E-state index in [4.69, 9.17) is 9.47 Å². The van der Waals surface area contributed by atoms with Crippen LogP contribution in [0, 0.1) is 0 Å². The van der Waals surface area contributed by atoms with Crippen molar-refractivity contribution in [2.24, 2.45) is 0 Å². The van der Waals surface area contributed by atoms with E-state index >= 15 is 0 Å². The van der Waals surface area contributed by atoms with Gasteiger partial charge in [-0.1, -0.05) is 42.5 Å². The molecule has 5 rings (SSSR count). The SMILES string of the molecule is C1=C(c2ccc3c(c2)OCO3)CC2CCC1N2Cc1ccccc1. The number of rotatable bonds is 3. The molecule has 3 aliphatic heterocycles. The van der Waals surface area contributed by atoms with Crippen LogP contribution in [0.15, 0.2) is 54.6 Å². The predicted octanol–water partition coefficient (Wildman–Crippen LogP) is 4.24. The van der Waals surface area contributed by atoms with Gasteiger partial charge in [0, 0.05) is 18.6 Å². The molecular formula is C21H21NO2. The maximum Gasteiger partial charge on any atom is 0.231 e. The van der Waals surface area contributed by atoms with Crippen LogP contribution in [-0.4, -0.2) is 23.8 Å². The van der Waals surface area contributed by atoms with Gasteiger partial charge in [0.2, 0.25) is 6.79 Å². The Balaban J connectivity index is 1.40. The highest BCUT2D eigenvalue weighted by atomic mass is 16.7. The topological polar surface area (TPSA) is 21.7 Å². The lowest BCUT2D eigenvalue weighted by Crippen LogP contribution is -2.37. The standard InChI is InChI=1S/C21H21NO2/c1-2-4-15(5-3-1)13-22-18-7-8-19(22)11-17(10-18)16-6-9-20-21(12-16)24-14-23-20/h1-6,9-10,12,18-19H,7-8,11,13-14H2. The maximum absolute atomic E-state index is 5.54. The fraction of sp³-hybridized carbons (Fsp3) is 0.333. The maximum atomic E-state index is 5.54. The van der Waals surface area contributed by atoms with Crippen LogP contribution in [-0.2, 0) is 6.54 Å². The molecule has 1 saturated heterocycles. The molecule has 2 unspecified atom stereocenters. The highest BCUT2D eigenvalue weighted by molar-refractivity contribution is 5.70. The summed E-state index contributed by atoms with van der Waals surface area (Å²) in [6.07, 6.45) is 6.17. The number of nitrogens with zero attached hydrogens (tertiary/aromatic N) is 1. The second-order valence-electron chi connectivity index (χ2n) is 6.92. The van der Waals surface area contributed by atoms with Crippen molar-refractivity contribution in [2.45, 2.75) is 37.9 Å². The lowest BCUT2D eigenvalue weighted by atomic mass is 9.94. The Morgan fingerprint density at radius 2 is 1.83 bits per heavy atom. The average Bonchev–Trinajstić information content (AvgIpc) is 3.16. The van der Waals surface area contributed by atoms with Crippen molar-refractivity contribution < 1.29 is 9.47 Å². The number of fused-ring (bicyclic) bond motifs is 3. The third kappa shape index (κ3) is 2.40. The molecule has 0 aliphatic carbocycles. The van der Waals surface area contributed by atoms with E-state index in [0.717, 1.165) is 24.5 Å². The summed E-state index contributed by atoms with van der Waals surface area (Å²) in [5.74, 6) is 1.75. The van der Waals surface area contributed by atoms with E-state index < -0.39 is 0 Å². The van der Waals surface area contributed by atoms with Crippen molar-refractivity contribution >= 4 is 5.57 Å². The van der Waals surface area contributed by atoms with Gasteiger partial charge < -0.3 is 9.47 Å². The zero-order chi connectivity index (χ0) is 15.9. The first kappa shape index (κ1) is 14.1. The molecule has 1 fully saturated rings. The Bertz CT molecular complexity index is 784. The van der Waals surface area contributed by atoms with Crippen LogP contribution in [0.5, 0.6) is 11.5 Å². The molecule has 0 amide bonds. The zero-order valence-electron chi connectivity index (χ0n) is 13.7. The van der Waals surface area contributed by atoms with Crippen molar-refractivity contribution in [3.05, 3.63) is 65.7 Å². The fourth-order valence-electron chi connectivity index (χ4n) is 4.27. The Morgan fingerprint density at radius 3 is 2.71 bits per heavy atom. The first-order chi connectivity index (χ1) is 11.9. The highest BCUT2D eigenvalue weighted by Gasteiger charge is 2.36. The van der Waals surface area contributed by atoms with Gasteiger partial charge in [-0.05, 0) is 48.1 Å². The first-order valence-corrected chi connectivity index (χ1v) is 8.77. The summed E-state index contributed by atoms with van der Waals surface area (Å²) < 4.78 is 11.0. The van der Waals surface area contributed by atoms with Crippen LogP contribution < -0.4 is 9.47 Å². The molecule has 2 aromatic rings. The average molecular weight is 319 g/mol.